The van der Waals surface area contributed by atoms with Crippen molar-refractivity contribution in [1.82, 2.24) is 0 Å². The highest BCUT2D eigenvalue weighted by atomic mass is 16.5. The van der Waals surface area contributed by atoms with Crippen LogP contribution in [0.2, 0.25) is 0 Å². The lowest BCUT2D eigenvalue weighted by Crippen LogP contribution is -2.41. The molecule has 0 bridgehead atoms. The fraction of sp³-hybridized carbons (Fsp3) is 0.550. The topological polar surface area (TPSA) is 26.3 Å². The highest BCUT2D eigenvalue weighted by Gasteiger charge is 2.54. The number of hydrogen-bond acceptors (Lipinski definition) is 2. The molecule has 116 valence electrons. The maximum Gasteiger partial charge on any atom is 0.139 e. The molecular weight excluding hydrogens is 272 g/mol. The van der Waals surface area contributed by atoms with Crippen molar-refractivity contribution >= 4 is 11.4 Å². The molecular formula is C20H24O2. The molecule has 2 saturated carbocycles. The number of carbonyl (C=O) groups is 1. The predicted octanol–water partition coefficient (Wildman–Crippen LogP) is 4.59. The van der Waals surface area contributed by atoms with E-state index in [1.807, 2.05) is 0 Å². The van der Waals surface area contributed by atoms with Crippen LogP contribution in [0.4, 0.5) is 0 Å². The molecule has 2 nitrogen and oxygen atoms in total. The van der Waals surface area contributed by atoms with Gasteiger partial charge in [-0.2, -0.15) is 0 Å². The van der Waals surface area contributed by atoms with Gasteiger partial charge in [-0.25, -0.2) is 0 Å². The fourth-order valence-corrected chi connectivity index (χ4v) is 5.27. The van der Waals surface area contributed by atoms with Gasteiger partial charge >= 0.3 is 0 Å². The molecule has 0 heterocycles. The maximum atomic E-state index is 12.4. The first-order chi connectivity index (χ1) is 10.5. The van der Waals surface area contributed by atoms with Crippen molar-refractivity contribution in [2.75, 3.05) is 7.11 Å². The lowest BCUT2D eigenvalue weighted by atomic mass is 9.56. The van der Waals surface area contributed by atoms with E-state index >= 15 is 0 Å². The van der Waals surface area contributed by atoms with Crippen LogP contribution in [0.5, 0.6) is 5.75 Å². The number of ether oxygens (including phenoxy) is 1. The first-order valence-electron chi connectivity index (χ1n) is 8.44. The van der Waals surface area contributed by atoms with Crippen molar-refractivity contribution in [3.8, 4) is 5.75 Å². The molecule has 0 spiro atoms. The van der Waals surface area contributed by atoms with E-state index in [1.165, 1.54) is 16.7 Å². The van der Waals surface area contributed by atoms with Crippen molar-refractivity contribution in [2.24, 2.45) is 17.3 Å². The van der Waals surface area contributed by atoms with Crippen molar-refractivity contribution < 1.29 is 9.53 Å². The van der Waals surface area contributed by atoms with E-state index in [9.17, 15) is 4.79 Å². The zero-order valence-corrected chi connectivity index (χ0v) is 13.7. The van der Waals surface area contributed by atoms with Crippen LogP contribution in [0, 0.1) is 17.3 Å². The van der Waals surface area contributed by atoms with Gasteiger partial charge in [0.25, 0.3) is 0 Å². The fourth-order valence-electron chi connectivity index (χ4n) is 5.27. The lowest BCUT2D eigenvalue weighted by molar-refractivity contribution is -0.128. The van der Waals surface area contributed by atoms with Gasteiger partial charge in [-0.3, -0.25) is 4.79 Å². The van der Waals surface area contributed by atoms with Crippen LogP contribution >= 0.6 is 0 Å². The number of rotatable bonds is 1. The highest BCUT2D eigenvalue weighted by Crippen LogP contribution is 2.59. The van der Waals surface area contributed by atoms with E-state index in [0.29, 0.717) is 23.5 Å². The number of hydrogen-bond donors (Lipinski definition) is 0. The summed E-state index contributed by atoms with van der Waals surface area (Å²) >= 11 is 0. The first kappa shape index (κ1) is 14.0. The van der Waals surface area contributed by atoms with Gasteiger partial charge in [-0.1, -0.05) is 19.1 Å². The standard InChI is InChI=1S/C20H24O2/c1-12-10-17-15(14-5-4-13(22-3)11-16(12)14)8-9-20(2)18(17)6-7-19(20)21/h4-5,10-11,15,17-18H,6-9H2,1-3H3. The predicted molar refractivity (Wildman–Crippen MR) is 87.9 cm³/mol. The Morgan fingerprint density at radius 2 is 2.09 bits per heavy atom. The van der Waals surface area contributed by atoms with Crippen LogP contribution < -0.4 is 4.74 Å². The Morgan fingerprint density at radius 3 is 2.86 bits per heavy atom. The Kier molecular flexibility index (Phi) is 3.01. The molecule has 4 atom stereocenters. The molecule has 0 amide bonds. The van der Waals surface area contributed by atoms with Gasteiger partial charge < -0.3 is 4.74 Å². The summed E-state index contributed by atoms with van der Waals surface area (Å²) in [5, 5.41) is 0. The smallest absolute Gasteiger partial charge is 0.139 e. The largest absolute Gasteiger partial charge is 0.497 e. The van der Waals surface area contributed by atoms with Gasteiger partial charge in [-0.05, 0) is 72.8 Å². The zero-order valence-electron chi connectivity index (χ0n) is 13.7. The average Bonchev–Trinajstić information content (AvgIpc) is 2.83. The average molecular weight is 296 g/mol. The van der Waals surface area contributed by atoms with Crippen molar-refractivity contribution in [3.63, 3.8) is 0 Å². The first-order valence-corrected chi connectivity index (χ1v) is 8.44. The van der Waals surface area contributed by atoms with E-state index in [2.05, 4.69) is 38.1 Å². The van der Waals surface area contributed by atoms with E-state index in [4.69, 9.17) is 4.74 Å². The Morgan fingerprint density at radius 1 is 1.27 bits per heavy atom. The third-order valence-corrected chi connectivity index (χ3v) is 6.57. The molecule has 0 saturated heterocycles. The summed E-state index contributed by atoms with van der Waals surface area (Å²) in [4.78, 5) is 12.4. The second kappa shape index (κ2) is 4.71. The molecule has 2 heteroatoms. The van der Waals surface area contributed by atoms with Gasteiger partial charge in [-0.15, -0.1) is 0 Å². The molecule has 4 unspecified atom stereocenters. The minimum atomic E-state index is -0.0675. The van der Waals surface area contributed by atoms with Gasteiger partial charge in [0.1, 0.15) is 11.5 Å². The van der Waals surface area contributed by atoms with Crippen molar-refractivity contribution in [2.45, 2.75) is 45.4 Å². The molecule has 0 aliphatic heterocycles. The third kappa shape index (κ3) is 1.76. The van der Waals surface area contributed by atoms with Crippen molar-refractivity contribution in [3.05, 3.63) is 35.4 Å². The molecule has 22 heavy (non-hydrogen) atoms. The minimum absolute atomic E-state index is 0.0675. The van der Waals surface area contributed by atoms with Crippen LogP contribution in [0.3, 0.4) is 0 Å². The molecule has 1 aromatic rings. The Bertz CT molecular complexity index is 672. The normalized spacial score (nSPS) is 36.2. The summed E-state index contributed by atoms with van der Waals surface area (Å²) in [6, 6.07) is 6.51. The number of methoxy groups -OCH3 is 1. The molecule has 1 aromatic carbocycles. The number of ketones is 1. The number of carbonyl (C=O) groups excluding carboxylic acids is 1. The number of allylic oxidation sites excluding steroid dienone is 2. The van der Waals surface area contributed by atoms with Crippen LogP contribution in [0.25, 0.3) is 5.57 Å². The van der Waals surface area contributed by atoms with E-state index in [1.54, 1.807) is 7.11 Å². The molecule has 0 N–H and O–H groups in total. The van der Waals surface area contributed by atoms with Gasteiger partial charge in [0.05, 0.1) is 7.11 Å². The second-order valence-electron chi connectivity index (χ2n) is 7.51. The van der Waals surface area contributed by atoms with Crippen molar-refractivity contribution in [1.29, 1.82) is 0 Å². The third-order valence-electron chi connectivity index (χ3n) is 6.57. The van der Waals surface area contributed by atoms with Gasteiger partial charge in [0.2, 0.25) is 0 Å². The summed E-state index contributed by atoms with van der Waals surface area (Å²) in [5.41, 5.74) is 4.08. The Balaban J connectivity index is 1.79. The minimum Gasteiger partial charge on any atom is -0.497 e. The molecule has 3 aliphatic carbocycles. The lowest BCUT2D eigenvalue weighted by Gasteiger charge is -2.47. The number of fused-ring (bicyclic) bond motifs is 5. The quantitative estimate of drug-likeness (QED) is 0.757. The van der Waals surface area contributed by atoms with Crippen LogP contribution in [-0.2, 0) is 4.79 Å². The summed E-state index contributed by atoms with van der Waals surface area (Å²) in [6.45, 7) is 4.42. The summed E-state index contributed by atoms with van der Waals surface area (Å²) in [6.07, 6.45) is 6.49. The van der Waals surface area contributed by atoms with Crippen LogP contribution in [-0.4, -0.2) is 12.9 Å². The Labute approximate surface area is 132 Å². The molecule has 0 radical (unpaired) electrons. The summed E-state index contributed by atoms with van der Waals surface area (Å²) in [5.74, 6) is 3.08. The highest BCUT2D eigenvalue weighted by molar-refractivity contribution is 5.87. The van der Waals surface area contributed by atoms with E-state index < -0.39 is 0 Å². The van der Waals surface area contributed by atoms with Gasteiger partial charge in [0.15, 0.2) is 0 Å². The SMILES string of the molecule is COc1ccc2c(c1)C(C)=CC1C2CCC2(C)C(=O)CCC12. The Hall–Kier alpha value is -1.57. The molecule has 0 aromatic heterocycles. The second-order valence-corrected chi connectivity index (χ2v) is 7.51. The zero-order chi connectivity index (χ0) is 15.5. The summed E-state index contributed by atoms with van der Waals surface area (Å²) in [7, 11) is 1.72. The van der Waals surface area contributed by atoms with Crippen LogP contribution in [0.15, 0.2) is 24.3 Å². The van der Waals surface area contributed by atoms with Gasteiger partial charge in [0, 0.05) is 11.8 Å². The van der Waals surface area contributed by atoms with Crippen LogP contribution in [0.1, 0.15) is 56.6 Å². The monoisotopic (exact) mass is 296 g/mol. The van der Waals surface area contributed by atoms with E-state index in [0.717, 1.165) is 31.4 Å². The van der Waals surface area contributed by atoms with E-state index in [-0.39, 0.29) is 5.41 Å². The summed E-state index contributed by atoms with van der Waals surface area (Å²) < 4.78 is 5.39. The number of Topliss-reactive ketones (excluding diaryl/α,β-unsaturated/α-hetero) is 1. The molecule has 4 rings (SSSR count). The molecule has 2 fully saturated rings. The number of benzene rings is 1. The molecule has 3 aliphatic rings. The maximum absolute atomic E-state index is 12.4.